The van der Waals surface area contributed by atoms with Crippen molar-refractivity contribution in [2.45, 2.75) is 174 Å². The fraction of sp³-hybridized carbons (Fsp3) is 0.380. The number of hydrogen-bond acceptors (Lipinski definition) is 5. The Kier molecular flexibility index (Phi) is 18.8. The van der Waals surface area contributed by atoms with Crippen molar-refractivity contribution in [3.63, 3.8) is 0 Å². The van der Waals surface area contributed by atoms with Crippen LogP contribution in [0.3, 0.4) is 0 Å². The van der Waals surface area contributed by atoms with E-state index in [1.165, 1.54) is 88.3 Å². The Morgan fingerprint density at radius 1 is 0.443 bits per heavy atom. The van der Waals surface area contributed by atoms with Crippen molar-refractivity contribution in [1.29, 1.82) is 0 Å². The number of esters is 2. The minimum Gasteiger partial charge on any atom is -0.460 e. The number of carbonyl (C=O) groups excluding carboxylic acids is 2. The molecule has 0 saturated carbocycles. The zero-order valence-electron chi connectivity index (χ0n) is 47.5. The van der Waals surface area contributed by atoms with Gasteiger partial charge in [0.15, 0.2) is 0 Å². The van der Waals surface area contributed by atoms with E-state index in [-0.39, 0.29) is 17.4 Å². The van der Waals surface area contributed by atoms with Crippen LogP contribution in [0.4, 0.5) is 17.1 Å². The molecule has 1 aliphatic carbocycles. The number of nitrogens with zero attached hydrogens (tertiary/aromatic N) is 2. The first kappa shape index (κ1) is 57.3. The summed E-state index contributed by atoms with van der Waals surface area (Å²) in [5.74, 6) is -0.181. The van der Waals surface area contributed by atoms with Crippen LogP contribution in [0.1, 0.15) is 168 Å². The molecule has 0 bridgehead atoms. The van der Waals surface area contributed by atoms with E-state index in [0.717, 1.165) is 92.4 Å². The largest absolute Gasteiger partial charge is 0.460 e. The molecule has 0 unspecified atom stereocenters. The second-order valence-corrected chi connectivity index (χ2v) is 24.8. The molecule has 0 spiro atoms. The Labute approximate surface area is 480 Å². The Morgan fingerprint density at radius 3 is 1.43 bits per heavy atom. The lowest BCUT2D eigenvalue weighted by Crippen LogP contribution is -2.25. The van der Waals surface area contributed by atoms with Crippen molar-refractivity contribution >= 4 is 74.0 Å². The van der Waals surface area contributed by atoms with Crippen LogP contribution in [0.2, 0.25) is 10.0 Å². The third kappa shape index (κ3) is 14.4. The quantitative estimate of drug-likeness (QED) is 0.0422. The summed E-state index contributed by atoms with van der Waals surface area (Å²) >= 11 is 12.7. The highest BCUT2D eigenvalue weighted by Gasteiger charge is 2.42. The molecule has 9 rings (SSSR count). The molecule has 0 amide bonds. The van der Waals surface area contributed by atoms with Gasteiger partial charge in [-0.1, -0.05) is 173 Å². The molecular formula is C71H80Cl2N2O4. The number of benzene rings is 7. The zero-order chi connectivity index (χ0) is 55.6. The number of fused-ring (bicyclic) bond motifs is 6. The minimum absolute atomic E-state index is 0.0904. The summed E-state index contributed by atoms with van der Waals surface area (Å²) < 4.78 is 13.6. The fourth-order valence-corrected chi connectivity index (χ4v) is 12.3. The molecular weight excluding hydrogens is 1020 g/mol. The average Bonchev–Trinajstić information content (AvgIpc) is 3.99. The number of aromatic nitrogens is 1. The number of carbonyl (C=O) groups is 2. The smallest absolute Gasteiger partial charge is 0.306 e. The molecule has 1 heterocycles. The molecule has 6 nitrogen and oxygen atoms in total. The van der Waals surface area contributed by atoms with Crippen LogP contribution >= 0.6 is 23.2 Å². The highest BCUT2D eigenvalue weighted by Crippen LogP contribution is 2.55. The van der Waals surface area contributed by atoms with E-state index in [0.29, 0.717) is 22.9 Å². The van der Waals surface area contributed by atoms with Crippen LogP contribution in [0.25, 0.3) is 49.7 Å². The Balaban J connectivity index is 0.985. The SMILES string of the molecule is CC(C)(C)OC(=O)CCCCCCCCCC1(CCCCCCCCCC(=O)OC(C)(C)C)c2ccccc2-c2ccc(-n3c4ccccc4c4ccc(-c5ccc(N(c6ccc(Cl)cc6)c6ccc(Cl)cc6)cc5)cc43)cc21. The van der Waals surface area contributed by atoms with E-state index in [9.17, 15) is 9.59 Å². The normalized spacial score (nSPS) is 12.9. The van der Waals surface area contributed by atoms with Crippen LogP contribution in [0.15, 0.2) is 158 Å². The van der Waals surface area contributed by atoms with Gasteiger partial charge >= 0.3 is 11.9 Å². The van der Waals surface area contributed by atoms with Gasteiger partial charge in [-0.2, -0.15) is 0 Å². The van der Waals surface area contributed by atoms with Crippen molar-refractivity contribution < 1.29 is 19.1 Å². The number of halogens is 2. The van der Waals surface area contributed by atoms with Gasteiger partial charge in [0.1, 0.15) is 11.2 Å². The van der Waals surface area contributed by atoms with Gasteiger partial charge in [-0.05, 0) is 186 Å². The number of hydrogen-bond donors (Lipinski definition) is 0. The molecule has 412 valence electrons. The predicted molar refractivity (Wildman–Crippen MR) is 332 cm³/mol. The van der Waals surface area contributed by atoms with Crippen molar-refractivity contribution in [3.8, 4) is 27.9 Å². The van der Waals surface area contributed by atoms with Gasteiger partial charge in [-0.3, -0.25) is 9.59 Å². The lowest BCUT2D eigenvalue weighted by molar-refractivity contribution is -0.156. The summed E-state index contributed by atoms with van der Waals surface area (Å²) in [6, 6.07) is 57.1. The van der Waals surface area contributed by atoms with E-state index in [2.05, 4.69) is 119 Å². The van der Waals surface area contributed by atoms with Crippen LogP contribution in [0, 0.1) is 0 Å². The molecule has 8 heteroatoms. The summed E-state index contributed by atoms with van der Waals surface area (Å²) in [6.07, 6.45) is 18.8. The molecule has 79 heavy (non-hydrogen) atoms. The summed E-state index contributed by atoms with van der Waals surface area (Å²) in [4.78, 5) is 26.9. The molecule has 0 radical (unpaired) electrons. The van der Waals surface area contributed by atoms with Crippen LogP contribution in [0.5, 0.6) is 0 Å². The number of unbranched alkanes of at least 4 members (excludes halogenated alkanes) is 12. The van der Waals surface area contributed by atoms with E-state index < -0.39 is 11.2 Å². The number of rotatable bonds is 25. The molecule has 1 aromatic heterocycles. The monoisotopic (exact) mass is 1090 g/mol. The number of ether oxygens (including phenoxy) is 2. The molecule has 0 fully saturated rings. The van der Waals surface area contributed by atoms with Gasteiger partial charge in [-0.15, -0.1) is 0 Å². The third-order valence-electron chi connectivity index (χ3n) is 15.6. The fourth-order valence-electron chi connectivity index (χ4n) is 12.1. The Morgan fingerprint density at radius 2 is 0.886 bits per heavy atom. The van der Waals surface area contributed by atoms with Crippen molar-refractivity contribution in [1.82, 2.24) is 4.57 Å². The van der Waals surface area contributed by atoms with Crippen molar-refractivity contribution in [2.24, 2.45) is 0 Å². The van der Waals surface area contributed by atoms with Gasteiger partial charge in [0.2, 0.25) is 0 Å². The van der Waals surface area contributed by atoms with Gasteiger partial charge in [0.25, 0.3) is 0 Å². The van der Waals surface area contributed by atoms with Gasteiger partial charge in [0.05, 0.1) is 11.0 Å². The van der Waals surface area contributed by atoms with Gasteiger partial charge in [0, 0.05) is 61.8 Å². The lowest BCUT2D eigenvalue weighted by Gasteiger charge is -2.33. The summed E-state index contributed by atoms with van der Waals surface area (Å²) in [5, 5.41) is 3.86. The van der Waals surface area contributed by atoms with E-state index in [4.69, 9.17) is 32.7 Å². The van der Waals surface area contributed by atoms with E-state index in [1.807, 2.05) is 90.1 Å². The van der Waals surface area contributed by atoms with Crippen molar-refractivity contribution in [2.75, 3.05) is 4.90 Å². The second kappa shape index (κ2) is 25.8. The summed E-state index contributed by atoms with van der Waals surface area (Å²) in [6.45, 7) is 11.6. The highest BCUT2D eigenvalue weighted by molar-refractivity contribution is 6.31. The van der Waals surface area contributed by atoms with Crippen LogP contribution < -0.4 is 4.90 Å². The second-order valence-electron chi connectivity index (χ2n) is 23.9. The topological polar surface area (TPSA) is 60.8 Å². The maximum atomic E-state index is 12.3. The Bertz CT molecular complexity index is 3230. The van der Waals surface area contributed by atoms with Gasteiger partial charge in [-0.25, -0.2) is 0 Å². The number of para-hydroxylation sites is 1. The predicted octanol–water partition coefficient (Wildman–Crippen LogP) is 21.2. The molecule has 8 aromatic rings. The standard InChI is InChI=1S/C71H80Cl2N2O4/c1-69(2,3)78-67(76)29-17-13-9-7-11-15-23-47-71(48-24-16-12-8-10-14-18-30-68(77)79-70(4,5)6)63-27-21-19-25-59(63)60-46-44-58(50-64(60)71)75-65-28-22-20-26-61(65)62-45-33-52(49-66(62)75)51-31-38-55(39-32-51)74(56-40-34-53(72)35-41-56)57-42-36-54(73)37-43-57/h19-22,25-28,31-46,49-50H,7-18,23-24,29-30,47-48H2,1-6H3. The first-order valence-electron chi connectivity index (χ1n) is 29.2. The maximum absolute atomic E-state index is 12.3. The zero-order valence-corrected chi connectivity index (χ0v) is 49.0. The van der Waals surface area contributed by atoms with E-state index >= 15 is 0 Å². The van der Waals surface area contributed by atoms with Crippen LogP contribution in [-0.2, 0) is 24.5 Å². The summed E-state index contributed by atoms with van der Waals surface area (Å²) in [7, 11) is 0. The highest BCUT2D eigenvalue weighted by atomic mass is 35.5. The molecule has 0 atom stereocenters. The van der Waals surface area contributed by atoms with Crippen molar-refractivity contribution in [3.05, 3.63) is 179 Å². The number of anilines is 3. The molecule has 0 aliphatic heterocycles. The maximum Gasteiger partial charge on any atom is 0.306 e. The average molecular weight is 1100 g/mol. The molecule has 7 aromatic carbocycles. The van der Waals surface area contributed by atoms with Gasteiger partial charge < -0.3 is 18.9 Å². The lowest BCUT2D eigenvalue weighted by atomic mass is 9.70. The first-order valence-corrected chi connectivity index (χ1v) is 30.0. The summed E-state index contributed by atoms with van der Waals surface area (Å²) in [5.41, 5.74) is 13.6. The molecule has 0 N–H and O–H groups in total. The minimum atomic E-state index is -0.434. The van der Waals surface area contributed by atoms with Crippen LogP contribution in [-0.4, -0.2) is 27.7 Å². The third-order valence-corrected chi connectivity index (χ3v) is 16.1. The first-order chi connectivity index (χ1) is 38.1. The molecule has 1 aliphatic rings. The van der Waals surface area contributed by atoms with E-state index in [1.54, 1.807) is 0 Å². The Hall–Kier alpha value is -6.34. The molecule has 0 saturated heterocycles.